The zero-order valence-electron chi connectivity index (χ0n) is 9.02. The summed E-state index contributed by atoms with van der Waals surface area (Å²) in [7, 11) is 0. The van der Waals surface area contributed by atoms with Crippen LogP contribution in [0.1, 0.15) is 5.01 Å². The Morgan fingerprint density at radius 1 is 1.35 bits per heavy atom. The van der Waals surface area contributed by atoms with Crippen LogP contribution in [0.5, 0.6) is 0 Å². The largest absolute Gasteiger partial charge is 0.364 e. The topological polar surface area (TPSA) is 50.7 Å². The molecule has 2 rings (SSSR count). The first-order valence-corrected chi connectivity index (χ1v) is 5.79. The van der Waals surface area contributed by atoms with E-state index in [4.69, 9.17) is 0 Å². The van der Waals surface area contributed by atoms with E-state index in [2.05, 4.69) is 20.3 Å². The van der Waals surface area contributed by atoms with Gasteiger partial charge < -0.3 is 5.32 Å². The molecule has 0 fully saturated rings. The van der Waals surface area contributed by atoms with Crippen LogP contribution >= 0.6 is 11.3 Å². The summed E-state index contributed by atoms with van der Waals surface area (Å²) in [6.45, 7) is 1.47. The molecule has 0 radical (unpaired) electrons. The summed E-state index contributed by atoms with van der Waals surface area (Å²) >= 11 is 1.51. The number of aryl methyl sites for hydroxylation is 1. The number of rotatable bonds is 4. The average molecular weight is 256 g/mol. The molecular weight excluding hydrogens is 246 g/mol. The molecule has 17 heavy (non-hydrogen) atoms. The molecule has 0 saturated carbocycles. The third-order valence-corrected chi connectivity index (χ3v) is 2.76. The number of aromatic nitrogens is 3. The minimum atomic E-state index is -2.41. The van der Waals surface area contributed by atoms with Gasteiger partial charge in [0.2, 0.25) is 0 Å². The lowest BCUT2D eigenvalue weighted by Gasteiger charge is -2.04. The molecular formula is C10H10F2N4S. The summed E-state index contributed by atoms with van der Waals surface area (Å²) in [5, 5.41) is 5.34. The summed E-state index contributed by atoms with van der Waals surface area (Å²) in [4.78, 5) is 12.2. The molecule has 4 nitrogen and oxygen atoms in total. The van der Waals surface area contributed by atoms with Crippen LogP contribution in [0, 0.1) is 6.92 Å². The number of nitrogens with one attached hydrogen (secondary N) is 1. The lowest BCUT2D eigenvalue weighted by Crippen LogP contribution is -2.11. The Hall–Kier alpha value is -1.63. The molecule has 0 bridgehead atoms. The first-order valence-electron chi connectivity index (χ1n) is 4.91. The molecule has 2 heterocycles. The van der Waals surface area contributed by atoms with Crippen molar-refractivity contribution in [2.45, 2.75) is 13.3 Å². The third-order valence-electron chi connectivity index (χ3n) is 1.99. The van der Waals surface area contributed by atoms with Gasteiger partial charge in [0.1, 0.15) is 17.8 Å². The lowest BCUT2D eigenvalue weighted by atomic mass is 10.3. The van der Waals surface area contributed by atoms with E-state index in [1.165, 1.54) is 17.7 Å². The van der Waals surface area contributed by atoms with Gasteiger partial charge in [-0.1, -0.05) is 0 Å². The van der Waals surface area contributed by atoms with Crippen LogP contribution in [0.25, 0.3) is 11.4 Å². The Morgan fingerprint density at radius 3 is 2.82 bits per heavy atom. The van der Waals surface area contributed by atoms with Crippen molar-refractivity contribution >= 4 is 17.2 Å². The van der Waals surface area contributed by atoms with Gasteiger partial charge in [-0.15, -0.1) is 11.3 Å². The van der Waals surface area contributed by atoms with Crippen molar-refractivity contribution in [2.24, 2.45) is 0 Å². The smallest absolute Gasteiger partial charge is 0.255 e. The van der Waals surface area contributed by atoms with Crippen LogP contribution in [-0.2, 0) is 0 Å². The molecule has 0 aromatic carbocycles. The second-order valence-corrected chi connectivity index (χ2v) is 4.37. The first kappa shape index (κ1) is 11.8. The highest BCUT2D eigenvalue weighted by atomic mass is 32.1. The number of anilines is 1. The van der Waals surface area contributed by atoms with Gasteiger partial charge in [-0.2, -0.15) is 0 Å². The van der Waals surface area contributed by atoms with E-state index in [0.717, 1.165) is 10.7 Å². The normalized spacial score (nSPS) is 10.8. The Kier molecular flexibility index (Phi) is 3.58. The highest BCUT2D eigenvalue weighted by Gasteiger charge is 2.07. The maximum atomic E-state index is 12.0. The molecule has 1 N–H and O–H groups in total. The molecule has 0 amide bonds. The van der Waals surface area contributed by atoms with Crippen molar-refractivity contribution in [3.8, 4) is 11.4 Å². The minimum Gasteiger partial charge on any atom is -0.364 e. The second kappa shape index (κ2) is 5.13. The fourth-order valence-electron chi connectivity index (χ4n) is 1.26. The van der Waals surface area contributed by atoms with Crippen LogP contribution in [0.3, 0.4) is 0 Å². The van der Waals surface area contributed by atoms with E-state index in [1.54, 1.807) is 6.07 Å². The summed E-state index contributed by atoms with van der Waals surface area (Å²) < 4.78 is 24.1. The third kappa shape index (κ3) is 3.16. The van der Waals surface area contributed by atoms with Gasteiger partial charge >= 0.3 is 0 Å². The van der Waals surface area contributed by atoms with Crippen LogP contribution in [0.15, 0.2) is 17.8 Å². The Bertz CT molecular complexity index is 501. The van der Waals surface area contributed by atoms with E-state index in [0.29, 0.717) is 11.5 Å². The monoisotopic (exact) mass is 256 g/mol. The van der Waals surface area contributed by atoms with Crippen LogP contribution < -0.4 is 5.32 Å². The number of thiazole rings is 1. The van der Waals surface area contributed by atoms with Gasteiger partial charge in [-0.25, -0.2) is 23.7 Å². The van der Waals surface area contributed by atoms with Crippen molar-refractivity contribution in [3.63, 3.8) is 0 Å². The highest BCUT2D eigenvalue weighted by Crippen LogP contribution is 2.20. The number of nitrogens with zero attached hydrogens (tertiary/aromatic N) is 3. The van der Waals surface area contributed by atoms with E-state index >= 15 is 0 Å². The molecule has 0 aliphatic rings. The number of hydrogen-bond donors (Lipinski definition) is 1. The van der Waals surface area contributed by atoms with Crippen molar-refractivity contribution in [2.75, 3.05) is 11.9 Å². The minimum absolute atomic E-state index is 0.376. The fourth-order valence-corrected chi connectivity index (χ4v) is 1.86. The standard InChI is InChI=1S/C10H10F2N4S/c1-6-16-8(4-17-6)7-2-10(15-5-14-7)13-3-9(11)12/h2,4-5,9H,3H2,1H3,(H,13,14,15). The van der Waals surface area contributed by atoms with E-state index in [-0.39, 0.29) is 0 Å². The Balaban J connectivity index is 2.16. The highest BCUT2D eigenvalue weighted by molar-refractivity contribution is 7.09. The molecule has 0 saturated heterocycles. The molecule has 2 aromatic rings. The van der Waals surface area contributed by atoms with E-state index in [9.17, 15) is 8.78 Å². The predicted molar refractivity (Wildman–Crippen MR) is 62.4 cm³/mol. The Morgan fingerprint density at radius 2 is 2.18 bits per heavy atom. The molecule has 2 aromatic heterocycles. The van der Waals surface area contributed by atoms with Crippen molar-refractivity contribution in [1.29, 1.82) is 0 Å². The van der Waals surface area contributed by atoms with Gasteiger partial charge in [0.25, 0.3) is 6.43 Å². The summed E-state index contributed by atoms with van der Waals surface area (Å²) in [5.41, 5.74) is 1.36. The Labute approximate surface area is 101 Å². The van der Waals surface area contributed by atoms with Crippen molar-refractivity contribution < 1.29 is 8.78 Å². The SMILES string of the molecule is Cc1nc(-c2cc(NCC(F)F)ncn2)cs1. The van der Waals surface area contributed by atoms with Gasteiger partial charge in [0.05, 0.1) is 17.2 Å². The van der Waals surface area contributed by atoms with E-state index in [1.807, 2.05) is 12.3 Å². The van der Waals surface area contributed by atoms with Gasteiger partial charge in [0.15, 0.2) is 0 Å². The van der Waals surface area contributed by atoms with Crippen LogP contribution in [0.2, 0.25) is 0 Å². The molecule has 0 spiro atoms. The van der Waals surface area contributed by atoms with Gasteiger partial charge in [0, 0.05) is 11.4 Å². The maximum Gasteiger partial charge on any atom is 0.255 e. The maximum absolute atomic E-state index is 12.0. The van der Waals surface area contributed by atoms with Crippen molar-refractivity contribution in [1.82, 2.24) is 15.0 Å². The average Bonchev–Trinajstić information content (AvgIpc) is 2.74. The summed E-state index contributed by atoms with van der Waals surface area (Å²) in [6.07, 6.45) is -1.08. The van der Waals surface area contributed by atoms with Crippen molar-refractivity contribution in [3.05, 3.63) is 22.8 Å². The fraction of sp³-hybridized carbons (Fsp3) is 0.300. The number of hydrogen-bond acceptors (Lipinski definition) is 5. The second-order valence-electron chi connectivity index (χ2n) is 3.31. The predicted octanol–water partition coefficient (Wildman–Crippen LogP) is 2.59. The quantitative estimate of drug-likeness (QED) is 0.913. The van der Waals surface area contributed by atoms with Gasteiger partial charge in [-0.05, 0) is 6.92 Å². The zero-order valence-corrected chi connectivity index (χ0v) is 9.84. The molecule has 7 heteroatoms. The lowest BCUT2D eigenvalue weighted by molar-refractivity contribution is 0.163. The molecule has 90 valence electrons. The van der Waals surface area contributed by atoms with Crippen LogP contribution in [-0.4, -0.2) is 27.9 Å². The zero-order chi connectivity index (χ0) is 12.3. The first-order chi connectivity index (χ1) is 8.15. The molecule has 0 aliphatic carbocycles. The molecule has 0 atom stereocenters. The van der Waals surface area contributed by atoms with Crippen LogP contribution in [0.4, 0.5) is 14.6 Å². The molecule has 0 unspecified atom stereocenters. The molecule has 0 aliphatic heterocycles. The summed E-state index contributed by atoms with van der Waals surface area (Å²) in [6, 6.07) is 1.61. The van der Waals surface area contributed by atoms with E-state index < -0.39 is 13.0 Å². The number of alkyl halides is 2. The van der Waals surface area contributed by atoms with Gasteiger partial charge in [-0.3, -0.25) is 0 Å². The number of halogens is 2. The summed E-state index contributed by atoms with van der Waals surface area (Å²) in [5.74, 6) is 0.376.